The second kappa shape index (κ2) is 5.67. The molecule has 1 aromatic carbocycles. The van der Waals surface area contributed by atoms with E-state index in [1.54, 1.807) is 0 Å². The fraction of sp³-hybridized carbons (Fsp3) is 0.500. The van der Waals surface area contributed by atoms with Gasteiger partial charge in [-0.25, -0.2) is 0 Å². The zero-order valence-corrected chi connectivity index (χ0v) is 10.3. The topological polar surface area (TPSA) is 33.0 Å². The summed E-state index contributed by atoms with van der Waals surface area (Å²) in [6, 6.07) is 9.74. The minimum Gasteiger partial charge on any atom is -0.377 e. The molecule has 16 heavy (non-hydrogen) atoms. The number of benzene rings is 1. The highest BCUT2D eigenvalue weighted by Gasteiger charge is 2.09. The Hall–Kier alpha value is -1.33. The Morgan fingerprint density at radius 1 is 1.25 bits per heavy atom. The molecule has 0 aliphatic carbocycles. The van der Waals surface area contributed by atoms with Crippen LogP contribution in [0.25, 0.3) is 0 Å². The summed E-state index contributed by atoms with van der Waals surface area (Å²) in [5, 5.41) is 8.90. The minimum absolute atomic E-state index is 0.300. The van der Waals surface area contributed by atoms with Gasteiger partial charge in [-0.3, -0.25) is 0 Å². The van der Waals surface area contributed by atoms with Crippen molar-refractivity contribution in [2.24, 2.45) is 5.41 Å². The van der Waals surface area contributed by atoms with E-state index >= 15 is 0 Å². The fourth-order valence-electron chi connectivity index (χ4n) is 1.32. The average Bonchev–Trinajstić information content (AvgIpc) is 2.23. The van der Waals surface area contributed by atoms with Crippen LogP contribution in [0.2, 0.25) is 0 Å². The maximum absolute atomic E-state index is 8.90. The summed E-state index contributed by atoms with van der Waals surface area (Å²) in [5.41, 5.74) is 1.98. The van der Waals surface area contributed by atoms with E-state index in [1.807, 2.05) is 24.3 Å². The Morgan fingerprint density at radius 2 is 1.94 bits per heavy atom. The number of hydrogen-bond acceptors (Lipinski definition) is 2. The van der Waals surface area contributed by atoms with Crippen molar-refractivity contribution in [2.45, 2.75) is 33.8 Å². The van der Waals surface area contributed by atoms with Gasteiger partial charge in [0.05, 0.1) is 18.2 Å². The maximum Gasteiger partial charge on any atom is 0.0995 e. The van der Waals surface area contributed by atoms with E-state index in [4.69, 9.17) is 10.00 Å². The van der Waals surface area contributed by atoms with Crippen LogP contribution < -0.4 is 0 Å². The van der Waals surface area contributed by atoms with Crippen LogP contribution in [0, 0.1) is 16.7 Å². The normalized spacial score (nSPS) is 11.1. The van der Waals surface area contributed by atoms with Crippen molar-refractivity contribution in [1.82, 2.24) is 0 Å². The van der Waals surface area contributed by atoms with E-state index in [-0.39, 0.29) is 0 Å². The first kappa shape index (κ1) is 12.7. The third kappa shape index (κ3) is 4.46. The van der Waals surface area contributed by atoms with Crippen molar-refractivity contribution in [1.29, 1.82) is 5.26 Å². The summed E-state index contributed by atoms with van der Waals surface area (Å²) in [4.78, 5) is 0. The van der Waals surface area contributed by atoms with Gasteiger partial charge in [0.15, 0.2) is 0 Å². The van der Waals surface area contributed by atoms with Gasteiger partial charge >= 0.3 is 0 Å². The number of hydrogen-bond donors (Lipinski definition) is 0. The molecule has 1 rings (SSSR count). The highest BCUT2D eigenvalue weighted by Crippen LogP contribution is 2.18. The summed E-state index contributed by atoms with van der Waals surface area (Å²) in [7, 11) is 0. The third-order valence-electron chi connectivity index (χ3n) is 2.39. The molecule has 1 aromatic rings. The number of nitriles is 1. The molecule has 0 saturated carbocycles. The average molecular weight is 217 g/mol. The van der Waals surface area contributed by atoms with E-state index in [1.165, 1.54) is 0 Å². The molecular weight excluding hydrogens is 198 g/mol. The van der Waals surface area contributed by atoms with Gasteiger partial charge < -0.3 is 4.74 Å². The molecule has 0 unspecified atom stereocenters. The predicted molar refractivity (Wildman–Crippen MR) is 64.9 cm³/mol. The molecule has 0 fully saturated rings. The molecule has 0 atom stereocenters. The lowest BCUT2D eigenvalue weighted by Crippen LogP contribution is -2.09. The molecule has 0 heterocycles. The summed E-state index contributed by atoms with van der Waals surface area (Å²) in [6.07, 6.45) is 1.03. The quantitative estimate of drug-likeness (QED) is 0.723. The standard InChI is InChI=1S/C14H19NO/c1-14(2,3)8-9-16-11-13-7-5-4-6-12(13)10-15/h4-7H,8-9,11H2,1-3H3. The maximum atomic E-state index is 8.90. The van der Waals surface area contributed by atoms with Crippen molar-refractivity contribution in [3.8, 4) is 6.07 Å². The number of rotatable bonds is 4. The molecule has 0 N–H and O–H groups in total. The van der Waals surface area contributed by atoms with Gasteiger partial charge in [0.2, 0.25) is 0 Å². The first-order valence-electron chi connectivity index (χ1n) is 5.59. The highest BCUT2D eigenvalue weighted by molar-refractivity contribution is 5.36. The lowest BCUT2D eigenvalue weighted by Gasteiger charge is -2.17. The van der Waals surface area contributed by atoms with Crippen molar-refractivity contribution in [3.05, 3.63) is 35.4 Å². The van der Waals surface area contributed by atoms with Crippen molar-refractivity contribution in [3.63, 3.8) is 0 Å². The Labute approximate surface area is 97.9 Å². The van der Waals surface area contributed by atoms with E-state index in [0.717, 1.165) is 18.6 Å². The lowest BCUT2D eigenvalue weighted by molar-refractivity contribution is 0.0961. The van der Waals surface area contributed by atoms with Crippen LogP contribution in [0.3, 0.4) is 0 Å². The van der Waals surface area contributed by atoms with Crippen molar-refractivity contribution < 1.29 is 4.74 Å². The van der Waals surface area contributed by atoms with E-state index in [9.17, 15) is 0 Å². The van der Waals surface area contributed by atoms with E-state index in [0.29, 0.717) is 17.6 Å². The van der Waals surface area contributed by atoms with Crippen LogP contribution in [0.5, 0.6) is 0 Å². The molecule has 0 aliphatic heterocycles. The van der Waals surface area contributed by atoms with Crippen LogP contribution in [0.15, 0.2) is 24.3 Å². The summed E-state index contributed by atoms with van der Waals surface area (Å²) in [6.45, 7) is 7.85. The summed E-state index contributed by atoms with van der Waals surface area (Å²) < 4.78 is 5.59. The molecule has 0 bridgehead atoms. The van der Waals surface area contributed by atoms with Gasteiger partial charge in [0.25, 0.3) is 0 Å². The molecule has 0 aromatic heterocycles. The summed E-state index contributed by atoms with van der Waals surface area (Å²) >= 11 is 0. The number of ether oxygens (including phenoxy) is 1. The van der Waals surface area contributed by atoms with Gasteiger partial charge in [0, 0.05) is 6.61 Å². The summed E-state index contributed by atoms with van der Waals surface area (Å²) in [5.74, 6) is 0. The second-order valence-electron chi connectivity index (χ2n) is 5.13. The van der Waals surface area contributed by atoms with Crippen LogP contribution in [-0.4, -0.2) is 6.61 Å². The molecule has 0 amide bonds. The number of nitrogens with zero attached hydrogens (tertiary/aromatic N) is 1. The van der Waals surface area contributed by atoms with Crippen LogP contribution in [0.1, 0.15) is 38.3 Å². The molecule has 0 saturated heterocycles. The van der Waals surface area contributed by atoms with Gasteiger partial charge in [-0.1, -0.05) is 39.0 Å². The van der Waals surface area contributed by atoms with E-state index < -0.39 is 0 Å². The predicted octanol–water partition coefficient (Wildman–Crippen LogP) is 3.51. The highest BCUT2D eigenvalue weighted by atomic mass is 16.5. The Bertz CT molecular complexity index is 371. The Balaban J connectivity index is 2.41. The Kier molecular flexibility index (Phi) is 4.52. The van der Waals surface area contributed by atoms with Gasteiger partial charge in [-0.15, -0.1) is 0 Å². The largest absolute Gasteiger partial charge is 0.377 e. The molecule has 2 nitrogen and oxygen atoms in total. The van der Waals surface area contributed by atoms with E-state index in [2.05, 4.69) is 26.8 Å². The Morgan fingerprint density at radius 3 is 2.56 bits per heavy atom. The minimum atomic E-state index is 0.300. The smallest absolute Gasteiger partial charge is 0.0995 e. The van der Waals surface area contributed by atoms with Crippen LogP contribution in [0.4, 0.5) is 0 Å². The molecule has 2 heteroatoms. The lowest BCUT2D eigenvalue weighted by atomic mass is 9.93. The molecular formula is C14H19NO. The van der Waals surface area contributed by atoms with Crippen LogP contribution in [-0.2, 0) is 11.3 Å². The van der Waals surface area contributed by atoms with Crippen molar-refractivity contribution >= 4 is 0 Å². The zero-order chi connectivity index (χ0) is 12.0. The molecule has 0 spiro atoms. The monoisotopic (exact) mass is 217 g/mol. The second-order valence-corrected chi connectivity index (χ2v) is 5.13. The fourth-order valence-corrected chi connectivity index (χ4v) is 1.32. The van der Waals surface area contributed by atoms with Crippen LogP contribution >= 0.6 is 0 Å². The van der Waals surface area contributed by atoms with Gasteiger partial charge in [0.1, 0.15) is 0 Å². The SMILES string of the molecule is CC(C)(C)CCOCc1ccccc1C#N. The molecule has 86 valence electrons. The van der Waals surface area contributed by atoms with Gasteiger partial charge in [-0.2, -0.15) is 5.26 Å². The van der Waals surface area contributed by atoms with Gasteiger partial charge in [-0.05, 0) is 23.5 Å². The molecule has 0 radical (unpaired) electrons. The van der Waals surface area contributed by atoms with Crippen molar-refractivity contribution in [2.75, 3.05) is 6.61 Å². The first-order valence-corrected chi connectivity index (χ1v) is 5.59. The first-order chi connectivity index (χ1) is 7.53. The third-order valence-corrected chi connectivity index (χ3v) is 2.39. The molecule has 0 aliphatic rings. The zero-order valence-electron chi connectivity index (χ0n) is 10.3.